The van der Waals surface area contributed by atoms with Gasteiger partial charge < -0.3 is 4.90 Å². The smallest absolute Gasteiger partial charge is 0.0964 e. The van der Waals surface area contributed by atoms with Crippen LogP contribution in [0.5, 0.6) is 0 Å². The van der Waals surface area contributed by atoms with Gasteiger partial charge in [0.15, 0.2) is 0 Å². The molecule has 0 fully saturated rings. The maximum absolute atomic E-state index is 4.58. The zero-order valence-electron chi connectivity index (χ0n) is 7.96. The fourth-order valence-corrected chi connectivity index (χ4v) is 1.87. The molecule has 1 rings (SSSR count). The normalized spacial score (nSPS) is 30.9. The van der Waals surface area contributed by atoms with Crippen molar-refractivity contribution < 1.29 is 0 Å². The molecule has 1 heterocycles. The lowest BCUT2D eigenvalue weighted by Gasteiger charge is -2.24. The molecule has 0 bridgehead atoms. The van der Waals surface area contributed by atoms with Gasteiger partial charge in [-0.05, 0) is 27.2 Å². The molecule has 0 radical (unpaired) electrons. The lowest BCUT2D eigenvalue weighted by atomic mass is 10.1. The summed E-state index contributed by atoms with van der Waals surface area (Å²) < 4.78 is 0. The van der Waals surface area contributed by atoms with Crippen molar-refractivity contribution in [2.75, 3.05) is 6.54 Å². The van der Waals surface area contributed by atoms with E-state index in [1.807, 2.05) is 0 Å². The Morgan fingerprint density at radius 2 is 2.09 bits per heavy atom. The van der Waals surface area contributed by atoms with E-state index in [1.165, 1.54) is 5.84 Å². The Bertz CT molecular complexity index is 163. The number of amidine groups is 1. The fraction of sp³-hybridized carbons (Fsp3) is 0.889. The minimum atomic E-state index is 0.537. The minimum Gasteiger partial charge on any atom is -0.356 e. The van der Waals surface area contributed by atoms with E-state index in [-0.39, 0.29) is 0 Å². The van der Waals surface area contributed by atoms with Crippen LogP contribution in [0.4, 0.5) is 0 Å². The first-order valence-corrected chi connectivity index (χ1v) is 4.51. The molecule has 0 amide bonds. The van der Waals surface area contributed by atoms with Crippen LogP contribution in [0.1, 0.15) is 34.1 Å². The quantitative estimate of drug-likeness (QED) is 0.593. The van der Waals surface area contributed by atoms with Crippen LogP contribution in [0.3, 0.4) is 0 Å². The third-order valence-electron chi connectivity index (χ3n) is 2.58. The largest absolute Gasteiger partial charge is 0.356 e. The van der Waals surface area contributed by atoms with Gasteiger partial charge in [-0.2, -0.15) is 0 Å². The Morgan fingerprint density at radius 3 is 2.36 bits per heavy atom. The summed E-state index contributed by atoms with van der Waals surface area (Å²) in [5.74, 6) is 1.21. The Labute approximate surface area is 69.3 Å². The van der Waals surface area contributed by atoms with E-state index < -0.39 is 0 Å². The van der Waals surface area contributed by atoms with Crippen LogP contribution in [0.2, 0.25) is 0 Å². The van der Waals surface area contributed by atoms with E-state index in [9.17, 15) is 0 Å². The summed E-state index contributed by atoms with van der Waals surface area (Å²) in [6.45, 7) is 9.85. The van der Waals surface area contributed by atoms with Crippen LogP contribution in [0.15, 0.2) is 4.99 Å². The molecule has 2 atom stereocenters. The molecule has 64 valence electrons. The molecule has 2 heteroatoms. The van der Waals surface area contributed by atoms with Crippen LogP contribution in [0, 0.1) is 0 Å². The Hall–Kier alpha value is -0.530. The number of nitrogens with zero attached hydrogens (tertiary/aromatic N) is 2. The van der Waals surface area contributed by atoms with Gasteiger partial charge in [-0.25, -0.2) is 0 Å². The van der Waals surface area contributed by atoms with Crippen LogP contribution in [0.25, 0.3) is 0 Å². The van der Waals surface area contributed by atoms with Crippen molar-refractivity contribution in [3.8, 4) is 0 Å². The van der Waals surface area contributed by atoms with Gasteiger partial charge in [-0.1, -0.05) is 6.92 Å². The molecule has 0 aromatic rings. The van der Waals surface area contributed by atoms with Crippen molar-refractivity contribution in [2.24, 2.45) is 4.99 Å². The molecule has 11 heavy (non-hydrogen) atoms. The third-order valence-corrected chi connectivity index (χ3v) is 2.58. The summed E-state index contributed by atoms with van der Waals surface area (Å²) >= 11 is 0. The predicted octanol–water partition coefficient (Wildman–Crippen LogP) is 1.91. The van der Waals surface area contributed by atoms with Gasteiger partial charge in [0.2, 0.25) is 0 Å². The van der Waals surface area contributed by atoms with E-state index in [1.54, 1.807) is 0 Å². The highest BCUT2D eigenvalue weighted by Crippen LogP contribution is 2.18. The Kier molecular flexibility index (Phi) is 2.53. The molecule has 0 aromatic carbocycles. The van der Waals surface area contributed by atoms with Crippen molar-refractivity contribution in [3.05, 3.63) is 0 Å². The molecule has 0 aliphatic carbocycles. The van der Waals surface area contributed by atoms with Crippen LogP contribution in [-0.2, 0) is 0 Å². The molecular weight excluding hydrogens is 136 g/mol. The standard InChI is InChI=1S/C9H18N2/c1-5-9-7(3)11(6-2)8(4)10-9/h7,9H,5-6H2,1-4H3. The molecule has 2 nitrogen and oxygen atoms in total. The van der Waals surface area contributed by atoms with E-state index in [4.69, 9.17) is 0 Å². The molecule has 0 N–H and O–H groups in total. The van der Waals surface area contributed by atoms with Crippen LogP contribution in [-0.4, -0.2) is 29.4 Å². The Morgan fingerprint density at radius 1 is 1.45 bits per heavy atom. The second-order valence-corrected chi connectivity index (χ2v) is 3.18. The molecule has 2 unspecified atom stereocenters. The van der Waals surface area contributed by atoms with Gasteiger partial charge in [0.25, 0.3) is 0 Å². The van der Waals surface area contributed by atoms with Crippen molar-refractivity contribution in [1.29, 1.82) is 0 Å². The molecule has 0 spiro atoms. The average molecular weight is 154 g/mol. The summed E-state index contributed by atoms with van der Waals surface area (Å²) in [6, 6.07) is 1.15. The van der Waals surface area contributed by atoms with Gasteiger partial charge in [-0.15, -0.1) is 0 Å². The summed E-state index contributed by atoms with van der Waals surface area (Å²) in [5, 5.41) is 0. The lowest BCUT2D eigenvalue weighted by Crippen LogP contribution is -2.36. The first-order valence-electron chi connectivity index (χ1n) is 4.51. The minimum absolute atomic E-state index is 0.537. The predicted molar refractivity (Wildman–Crippen MR) is 49.0 cm³/mol. The zero-order valence-corrected chi connectivity index (χ0v) is 7.96. The SMILES string of the molecule is CCC1N=C(C)N(CC)C1C. The maximum Gasteiger partial charge on any atom is 0.0964 e. The second-order valence-electron chi connectivity index (χ2n) is 3.18. The number of aliphatic imine (C=N–C) groups is 1. The average Bonchev–Trinajstić information content (AvgIpc) is 2.26. The lowest BCUT2D eigenvalue weighted by molar-refractivity contribution is 0.331. The molecular formula is C9H18N2. The zero-order chi connectivity index (χ0) is 8.43. The summed E-state index contributed by atoms with van der Waals surface area (Å²) in [6.07, 6.45) is 1.16. The first kappa shape index (κ1) is 8.57. The highest BCUT2D eigenvalue weighted by Gasteiger charge is 2.27. The van der Waals surface area contributed by atoms with Crippen molar-refractivity contribution in [2.45, 2.75) is 46.2 Å². The van der Waals surface area contributed by atoms with Gasteiger partial charge in [0.1, 0.15) is 0 Å². The topological polar surface area (TPSA) is 15.6 Å². The number of hydrogen-bond acceptors (Lipinski definition) is 2. The van der Waals surface area contributed by atoms with Gasteiger partial charge in [-0.3, -0.25) is 4.99 Å². The molecule has 1 aliphatic heterocycles. The van der Waals surface area contributed by atoms with Crippen molar-refractivity contribution in [3.63, 3.8) is 0 Å². The van der Waals surface area contributed by atoms with Gasteiger partial charge in [0, 0.05) is 12.6 Å². The summed E-state index contributed by atoms with van der Waals surface area (Å²) in [4.78, 5) is 6.95. The second kappa shape index (κ2) is 3.24. The molecule has 1 aliphatic rings. The fourth-order valence-electron chi connectivity index (χ4n) is 1.87. The third kappa shape index (κ3) is 1.39. The van der Waals surface area contributed by atoms with Crippen molar-refractivity contribution >= 4 is 5.84 Å². The maximum atomic E-state index is 4.58. The number of rotatable bonds is 2. The van der Waals surface area contributed by atoms with E-state index in [0.717, 1.165) is 13.0 Å². The highest BCUT2D eigenvalue weighted by atomic mass is 15.3. The summed E-state index contributed by atoms with van der Waals surface area (Å²) in [5.41, 5.74) is 0. The Balaban J connectivity index is 2.67. The molecule has 0 aromatic heterocycles. The van der Waals surface area contributed by atoms with Crippen molar-refractivity contribution in [1.82, 2.24) is 4.90 Å². The van der Waals surface area contributed by atoms with Gasteiger partial charge >= 0.3 is 0 Å². The van der Waals surface area contributed by atoms with E-state index in [0.29, 0.717) is 12.1 Å². The molecule has 0 saturated heterocycles. The van der Waals surface area contributed by atoms with Crippen LogP contribution < -0.4 is 0 Å². The number of hydrogen-bond donors (Lipinski definition) is 0. The van der Waals surface area contributed by atoms with E-state index in [2.05, 4.69) is 37.6 Å². The van der Waals surface area contributed by atoms with Crippen LogP contribution >= 0.6 is 0 Å². The monoisotopic (exact) mass is 154 g/mol. The highest BCUT2D eigenvalue weighted by molar-refractivity contribution is 5.82. The summed E-state index contributed by atoms with van der Waals surface area (Å²) in [7, 11) is 0. The first-order chi connectivity index (χ1) is 5.20. The van der Waals surface area contributed by atoms with Gasteiger partial charge in [0.05, 0.1) is 11.9 Å². The van der Waals surface area contributed by atoms with E-state index >= 15 is 0 Å². The number of likely N-dealkylation sites (N-methyl/N-ethyl adjacent to an activating group) is 1. The molecule has 0 saturated carbocycles.